The van der Waals surface area contributed by atoms with Crippen LogP contribution in [0.4, 0.5) is 8.78 Å². The molecule has 4 aliphatic rings. The fourth-order valence-corrected chi connectivity index (χ4v) is 5.39. The number of esters is 2. The molecular weight excluding hydrogens is 390 g/mol. The summed E-state index contributed by atoms with van der Waals surface area (Å²) in [6.45, 7) is -1.60. The van der Waals surface area contributed by atoms with E-state index in [9.17, 15) is 28.7 Å². The summed E-state index contributed by atoms with van der Waals surface area (Å²) in [6.07, 6.45) is 3.83. The van der Waals surface area contributed by atoms with Gasteiger partial charge in [0.2, 0.25) is 0 Å². The maximum Gasteiger partial charge on any atom is 0.354 e. The molecule has 0 aromatic heterocycles. The number of carbonyl (C=O) groups is 2. The molecule has 4 bridgehead atoms. The van der Waals surface area contributed by atoms with Crippen LogP contribution in [-0.2, 0) is 28.4 Å². The van der Waals surface area contributed by atoms with E-state index in [-0.39, 0.29) is 13.0 Å². The third-order valence-corrected chi connectivity index (χ3v) is 6.07. The summed E-state index contributed by atoms with van der Waals surface area (Å²) in [6, 6.07) is 0. The van der Waals surface area contributed by atoms with Crippen LogP contribution in [0.5, 0.6) is 0 Å². The van der Waals surface area contributed by atoms with Gasteiger partial charge in [0.1, 0.15) is 18.6 Å². The second-order valence-corrected chi connectivity index (χ2v) is 8.77. The largest absolute Gasteiger partial charge is 0.691 e. The molecule has 2 unspecified atom stereocenters. The van der Waals surface area contributed by atoms with Gasteiger partial charge in [-0.3, -0.25) is 14.6 Å². The van der Waals surface area contributed by atoms with E-state index < -0.39 is 46.9 Å². The quantitative estimate of drug-likeness (QED) is 0.259. The molecule has 154 valence electrons. The van der Waals surface area contributed by atoms with Crippen molar-refractivity contribution in [1.82, 2.24) is 0 Å². The molecule has 1 N–H and O–H groups in total. The zero-order valence-electron chi connectivity index (χ0n) is 14.5. The molecule has 11 heteroatoms. The van der Waals surface area contributed by atoms with Crippen LogP contribution >= 0.6 is 12.0 Å². The van der Waals surface area contributed by atoms with Crippen LogP contribution in [0.15, 0.2) is 0 Å². The normalized spacial score (nSPS) is 34.5. The van der Waals surface area contributed by atoms with E-state index in [4.69, 9.17) is 4.74 Å². The van der Waals surface area contributed by atoms with E-state index in [1.807, 2.05) is 0 Å². The average molecular weight is 411 g/mol. The maximum atomic E-state index is 13.1. The standard InChI is InChI=1S/C16H22F2O8S/c17-16(18,27-26-25-22)9-24-12(19)1-2-23-13(20)14-4-10-3-11(5-14)7-15(21,6-10)8-14/h10-11,21-22H,1-9H2/p-1. The van der Waals surface area contributed by atoms with Gasteiger partial charge in [-0.15, -0.1) is 0 Å². The number of ether oxygens (including phenoxy) is 2. The van der Waals surface area contributed by atoms with Crippen molar-refractivity contribution in [2.75, 3.05) is 13.2 Å². The minimum atomic E-state index is -3.65. The molecule has 0 radical (unpaired) electrons. The molecular formula is C16H21F2O8S-. The Bertz CT molecular complexity index is 573. The molecule has 0 amide bonds. The van der Waals surface area contributed by atoms with Crippen LogP contribution in [0.2, 0.25) is 0 Å². The predicted molar refractivity (Wildman–Crippen MR) is 83.3 cm³/mol. The van der Waals surface area contributed by atoms with Crippen LogP contribution in [0.25, 0.3) is 0 Å². The Morgan fingerprint density at radius 3 is 2.44 bits per heavy atom. The first-order valence-electron chi connectivity index (χ1n) is 8.73. The SMILES string of the molecule is O=C(CCOC(=O)C12CC3CC(CC(O)(C3)C1)C2)OCC(F)(F)SOO[O-]. The molecule has 4 fully saturated rings. The van der Waals surface area contributed by atoms with E-state index >= 15 is 0 Å². The van der Waals surface area contributed by atoms with Crippen LogP contribution in [0.3, 0.4) is 0 Å². The Balaban J connectivity index is 1.42. The summed E-state index contributed by atoms with van der Waals surface area (Å²) in [5.74, 6) is -0.789. The summed E-state index contributed by atoms with van der Waals surface area (Å²) >= 11 is -0.573. The molecule has 4 saturated carbocycles. The summed E-state index contributed by atoms with van der Waals surface area (Å²) < 4.78 is 39.3. The van der Waals surface area contributed by atoms with Crippen LogP contribution in [0, 0.1) is 17.3 Å². The van der Waals surface area contributed by atoms with Crippen molar-refractivity contribution < 1.29 is 47.6 Å². The van der Waals surface area contributed by atoms with Gasteiger partial charge in [0, 0.05) is 0 Å². The van der Waals surface area contributed by atoms with E-state index in [0.29, 0.717) is 31.1 Å². The molecule has 8 nitrogen and oxygen atoms in total. The number of halogens is 2. The first-order valence-corrected chi connectivity index (χ1v) is 9.47. The van der Waals surface area contributed by atoms with Gasteiger partial charge in [-0.05, 0) is 50.4 Å². The summed E-state index contributed by atoms with van der Waals surface area (Å²) in [7, 11) is 0. The third-order valence-electron chi connectivity index (χ3n) is 5.59. The highest BCUT2D eigenvalue weighted by molar-refractivity contribution is 7.95. The predicted octanol–water partition coefficient (Wildman–Crippen LogP) is 1.26. The highest BCUT2D eigenvalue weighted by Crippen LogP contribution is 2.61. The first kappa shape index (κ1) is 20.7. The lowest BCUT2D eigenvalue weighted by atomic mass is 9.48. The minimum absolute atomic E-state index is 0.286. The molecule has 0 aromatic carbocycles. The minimum Gasteiger partial charge on any atom is -0.691 e. The molecule has 0 heterocycles. The van der Waals surface area contributed by atoms with E-state index in [0.717, 1.165) is 19.3 Å². The van der Waals surface area contributed by atoms with Crippen molar-refractivity contribution in [3.63, 3.8) is 0 Å². The average Bonchev–Trinajstić information content (AvgIpc) is 2.56. The summed E-state index contributed by atoms with van der Waals surface area (Å²) in [5.41, 5.74) is -1.51. The van der Waals surface area contributed by atoms with Gasteiger partial charge in [0.15, 0.2) is 6.61 Å². The summed E-state index contributed by atoms with van der Waals surface area (Å²) in [4.78, 5) is 24.1. The monoisotopic (exact) mass is 411 g/mol. The lowest BCUT2D eigenvalue weighted by molar-refractivity contribution is -0.777. The van der Waals surface area contributed by atoms with Crippen LogP contribution < -0.4 is 5.26 Å². The van der Waals surface area contributed by atoms with Gasteiger partial charge in [-0.1, -0.05) is 0 Å². The number of alkyl halides is 2. The Kier molecular flexibility index (Phi) is 5.97. The van der Waals surface area contributed by atoms with Crippen molar-refractivity contribution in [3.8, 4) is 0 Å². The molecule has 0 saturated heterocycles. The van der Waals surface area contributed by atoms with Crippen molar-refractivity contribution >= 4 is 24.0 Å². The van der Waals surface area contributed by atoms with Crippen molar-refractivity contribution in [2.45, 2.75) is 55.8 Å². The number of hydrogen-bond acceptors (Lipinski definition) is 9. The van der Waals surface area contributed by atoms with Crippen LogP contribution in [-0.4, -0.2) is 41.1 Å². The Hall–Kier alpha value is -1.01. The van der Waals surface area contributed by atoms with Gasteiger partial charge in [-0.2, -0.15) is 13.1 Å². The summed E-state index contributed by atoms with van der Waals surface area (Å²) in [5, 5.41) is 19.3. The topological polar surface area (TPSA) is 114 Å². The third kappa shape index (κ3) is 4.89. The number of hydrogen-bond donors (Lipinski definition) is 1. The molecule has 2 atom stereocenters. The van der Waals surface area contributed by atoms with E-state index in [2.05, 4.69) is 14.1 Å². The molecule has 0 aliphatic heterocycles. The molecule has 0 aromatic rings. The van der Waals surface area contributed by atoms with E-state index in [1.54, 1.807) is 0 Å². The van der Waals surface area contributed by atoms with E-state index in [1.165, 1.54) is 0 Å². The van der Waals surface area contributed by atoms with Crippen molar-refractivity contribution in [2.24, 2.45) is 17.3 Å². The number of carbonyl (C=O) groups excluding carboxylic acids is 2. The smallest absolute Gasteiger partial charge is 0.354 e. The van der Waals surface area contributed by atoms with Crippen molar-refractivity contribution in [3.05, 3.63) is 0 Å². The first-order chi connectivity index (χ1) is 12.7. The molecule has 27 heavy (non-hydrogen) atoms. The lowest BCUT2D eigenvalue weighted by Gasteiger charge is -2.58. The molecule has 0 spiro atoms. The van der Waals surface area contributed by atoms with Gasteiger partial charge in [-0.25, -0.2) is 0 Å². The van der Waals surface area contributed by atoms with Gasteiger partial charge >= 0.3 is 17.2 Å². The fraction of sp³-hybridized carbons (Fsp3) is 0.875. The Morgan fingerprint density at radius 1 is 1.19 bits per heavy atom. The Morgan fingerprint density at radius 2 is 1.85 bits per heavy atom. The second kappa shape index (κ2) is 7.78. The van der Waals surface area contributed by atoms with Gasteiger partial charge in [0.05, 0.1) is 17.4 Å². The maximum absolute atomic E-state index is 13.1. The zero-order chi connectivity index (χ0) is 19.7. The number of rotatable bonds is 9. The number of aliphatic hydroxyl groups is 1. The lowest BCUT2D eigenvalue weighted by Crippen LogP contribution is -2.58. The highest BCUT2D eigenvalue weighted by atomic mass is 32.2. The van der Waals surface area contributed by atoms with Crippen molar-refractivity contribution in [1.29, 1.82) is 0 Å². The second-order valence-electron chi connectivity index (χ2n) is 7.87. The fourth-order valence-electron chi connectivity index (χ4n) is 5.16. The zero-order valence-corrected chi connectivity index (χ0v) is 15.3. The Labute approximate surface area is 158 Å². The van der Waals surface area contributed by atoms with Gasteiger partial charge < -0.3 is 19.8 Å². The highest BCUT2D eigenvalue weighted by Gasteiger charge is 2.60. The van der Waals surface area contributed by atoms with Crippen LogP contribution in [0.1, 0.15) is 44.9 Å². The molecule has 4 rings (SSSR count). The van der Waals surface area contributed by atoms with Gasteiger partial charge in [0.25, 0.3) is 0 Å². The molecule has 4 aliphatic carbocycles.